The van der Waals surface area contributed by atoms with Crippen LogP contribution in [0.15, 0.2) is 18.2 Å². The molecule has 5 nitrogen and oxygen atoms in total. The van der Waals surface area contributed by atoms with Crippen LogP contribution in [0.1, 0.15) is 24.9 Å². The summed E-state index contributed by atoms with van der Waals surface area (Å²) in [5.74, 6) is 0.452. The Labute approximate surface area is 99.2 Å². The van der Waals surface area contributed by atoms with Gasteiger partial charge < -0.3 is 15.8 Å². The van der Waals surface area contributed by atoms with E-state index in [4.69, 9.17) is 15.7 Å². The third-order valence-electron chi connectivity index (χ3n) is 2.67. The Hall–Kier alpha value is -2.06. The molecule has 1 heterocycles. The average Bonchev–Trinajstić information content (AvgIpc) is 2.30. The van der Waals surface area contributed by atoms with E-state index in [-0.39, 0.29) is 18.4 Å². The van der Waals surface area contributed by atoms with Crippen molar-refractivity contribution in [3.05, 3.63) is 23.8 Å². The number of amides is 1. The van der Waals surface area contributed by atoms with Crippen molar-refractivity contribution >= 4 is 11.6 Å². The summed E-state index contributed by atoms with van der Waals surface area (Å²) in [5.41, 5.74) is 7.24. The maximum atomic E-state index is 11.4. The maximum Gasteiger partial charge on any atom is 0.265 e. The molecule has 88 valence electrons. The average molecular weight is 231 g/mol. The number of nitrogens with one attached hydrogen (secondary N) is 1. The second kappa shape index (κ2) is 4.44. The number of nitrogens with two attached hydrogens (primary N) is 1. The fourth-order valence-corrected chi connectivity index (χ4v) is 1.67. The zero-order valence-corrected chi connectivity index (χ0v) is 9.43. The SMILES string of the molecule is CC1Oc2ccc(C(N)CC#N)cc2NC1=O. The van der Waals surface area contributed by atoms with E-state index < -0.39 is 6.10 Å². The molecule has 1 aliphatic rings. The van der Waals surface area contributed by atoms with Gasteiger partial charge in [0.1, 0.15) is 5.75 Å². The molecule has 2 atom stereocenters. The van der Waals surface area contributed by atoms with Crippen molar-refractivity contribution in [1.82, 2.24) is 0 Å². The molecule has 0 spiro atoms. The van der Waals surface area contributed by atoms with Gasteiger partial charge in [-0.15, -0.1) is 0 Å². The highest BCUT2D eigenvalue weighted by atomic mass is 16.5. The second-order valence-corrected chi connectivity index (χ2v) is 3.97. The topological polar surface area (TPSA) is 88.1 Å². The van der Waals surface area contributed by atoms with E-state index in [1.807, 2.05) is 12.1 Å². The molecule has 0 saturated carbocycles. The minimum Gasteiger partial charge on any atom is -0.479 e. The molecule has 1 aliphatic heterocycles. The smallest absolute Gasteiger partial charge is 0.265 e. The minimum absolute atomic E-state index is 0.177. The van der Waals surface area contributed by atoms with Gasteiger partial charge in [0.25, 0.3) is 5.91 Å². The van der Waals surface area contributed by atoms with Crippen LogP contribution in [0.4, 0.5) is 5.69 Å². The Morgan fingerprint density at radius 1 is 1.65 bits per heavy atom. The van der Waals surface area contributed by atoms with Crippen molar-refractivity contribution in [1.29, 1.82) is 5.26 Å². The standard InChI is InChI=1S/C12H13N3O2/c1-7-12(16)15-10-6-8(9(14)4-5-13)2-3-11(10)17-7/h2-3,6-7,9H,4,14H2,1H3,(H,15,16). The monoisotopic (exact) mass is 231 g/mol. The molecule has 0 saturated heterocycles. The number of hydrogen-bond acceptors (Lipinski definition) is 4. The summed E-state index contributed by atoms with van der Waals surface area (Å²) in [7, 11) is 0. The molecule has 2 unspecified atom stereocenters. The third kappa shape index (κ3) is 2.22. The number of anilines is 1. The molecule has 2 rings (SSSR count). The number of carbonyl (C=O) groups excluding carboxylic acids is 1. The van der Waals surface area contributed by atoms with Gasteiger partial charge in [-0.25, -0.2) is 0 Å². The van der Waals surface area contributed by atoms with Crippen LogP contribution in [0.2, 0.25) is 0 Å². The van der Waals surface area contributed by atoms with Crippen molar-refractivity contribution in [3.63, 3.8) is 0 Å². The normalized spacial score (nSPS) is 19.6. The zero-order chi connectivity index (χ0) is 12.4. The van der Waals surface area contributed by atoms with Gasteiger partial charge in [0.05, 0.1) is 18.2 Å². The van der Waals surface area contributed by atoms with Crippen molar-refractivity contribution in [2.45, 2.75) is 25.5 Å². The van der Waals surface area contributed by atoms with Crippen LogP contribution in [-0.2, 0) is 4.79 Å². The fourth-order valence-electron chi connectivity index (χ4n) is 1.67. The van der Waals surface area contributed by atoms with E-state index in [1.54, 1.807) is 19.1 Å². The number of nitrogens with zero attached hydrogens (tertiary/aromatic N) is 1. The van der Waals surface area contributed by atoms with Gasteiger partial charge in [0.2, 0.25) is 0 Å². The lowest BCUT2D eigenvalue weighted by molar-refractivity contribution is -0.122. The fraction of sp³-hybridized carbons (Fsp3) is 0.333. The number of ether oxygens (including phenoxy) is 1. The van der Waals surface area contributed by atoms with Crippen LogP contribution < -0.4 is 15.8 Å². The minimum atomic E-state index is -0.485. The van der Waals surface area contributed by atoms with E-state index in [1.165, 1.54) is 0 Å². The summed E-state index contributed by atoms with van der Waals surface area (Å²) in [6, 6.07) is 7.00. The predicted molar refractivity (Wildman–Crippen MR) is 62.3 cm³/mol. The quantitative estimate of drug-likeness (QED) is 0.803. The second-order valence-electron chi connectivity index (χ2n) is 3.97. The number of rotatable bonds is 2. The van der Waals surface area contributed by atoms with E-state index in [9.17, 15) is 4.79 Å². The molecule has 0 aliphatic carbocycles. The van der Waals surface area contributed by atoms with Crippen LogP contribution in [0.25, 0.3) is 0 Å². The van der Waals surface area contributed by atoms with E-state index in [2.05, 4.69) is 5.32 Å². The lowest BCUT2D eigenvalue weighted by Crippen LogP contribution is -2.34. The molecule has 3 N–H and O–H groups in total. The number of nitriles is 1. The van der Waals surface area contributed by atoms with Gasteiger partial charge in [-0.2, -0.15) is 5.26 Å². The van der Waals surface area contributed by atoms with Crippen LogP contribution in [0.3, 0.4) is 0 Å². The van der Waals surface area contributed by atoms with E-state index >= 15 is 0 Å². The van der Waals surface area contributed by atoms with Crippen LogP contribution in [0.5, 0.6) is 5.75 Å². The number of hydrogen-bond donors (Lipinski definition) is 2. The molecule has 5 heteroatoms. The Balaban J connectivity index is 2.29. The summed E-state index contributed by atoms with van der Waals surface area (Å²) < 4.78 is 5.42. The summed E-state index contributed by atoms with van der Waals surface area (Å²) in [4.78, 5) is 11.4. The van der Waals surface area contributed by atoms with Crippen LogP contribution in [-0.4, -0.2) is 12.0 Å². The molecule has 1 aromatic rings. The van der Waals surface area contributed by atoms with Crippen LogP contribution >= 0.6 is 0 Å². The first kappa shape index (κ1) is 11.4. The summed E-state index contributed by atoms with van der Waals surface area (Å²) in [6.45, 7) is 1.69. The lowest BCUT2D eigenvalue weighted by Gasteiger charge is -2.24. The Bertz CT molecular complexity index is 493. The summed E-state index contributed by atoms with van der Waals surface area (Å²) >= 11 is 0. The molecular formula is C12H13N3O2. The predicted octanol–water partition coefficient (Wildman–Crippen LogP) is 1.32. The van der Waals surface area contributed by atoms with Crippen molar-refractivity contribution in [2.75, 3.05) is 5.32 Å². The Morgan fingerprint density at radius 2 is 2.41 bits per heavy atom. The maximum absolute atomic E-state index is 11.4. The Morgan fingerprint density at radius 3 is 3.12 bits per heavy atom. The molecule has 0 fully saturated rings. The number of benzene rings is 1. The molecule has 0 radical (unpaired) electrons. The Kier molecular flexibility index (Phi) is 2.98. The zero-order valence-electron chi connectivity index (χ0n) is 9.43. The van der Waals surface area contributed by atoms with Gasteiger partial charge in [-0.3, -0.25) is 4.79 Å². The first-order valence-corrected chi connectivity index (χ1v) is 5.36. The molecule has 17 heavy (non-hydrogen) atoms. The van der Waals surface area contributed by atoms with Crippen molar-refractivity contribution in [2.24, 2.45) is 5.73 Å². The largest absolute Gasteiger partial charge is 0.479 e. The highest BCUT2D eigenvalue weighted by Crippen LogP contribution is 2.32. The van der Waals surface area contributed by atoms with E-state index in [0.717, 1.165) is 5.56 Å². The summed E-state index contributed by atoms with van der Waals surface area (Å²) in [6.07, 6.45) is -0.245. The molecule has 0 aromatic heterocycles. The highest BCUT2D eigenvalue weighted by molar-refractivity contribution is 5.97. The van der Waals surface area contributed by atoms with E-state index in [0.29, 0.717) is 11.4 Å². The molecular weight excluding hydrogens is 218 g/mol. The molecule has 1 amide bonds. The molecule has 0 bridgehead atoms. The van der Waals surface area contributed by atoms with Gasteiger partial charge in [0.15, 0.2) is 6.10 Å². The van der Waals surface area contributed by atoms with Gasteiger partial charge in [-0.05, 0) is 24.6 Å². The van der Waals surface area contributed by atoms with Crippen LogP contribution in [0, 0.1) is 11.3 Å². The van der Waals surface area contributed by atoms with Crippen molar-refractivity contribution < 1.29 is 9.53 Å². The number of carbonyl (C=O) groups is 1. The first-order chi connectivity index (χ1) is 8.11. The van der Waals surface area contributed by atoms with Gasteiger partial charge in [-0.1, -0.05) is 6.07 Å². The number of fused-ring (bicyclic) bond motifs is 1. The first-order valence-electron chi connectivity index (χ1n) is 5.36. The third-order valence-corrected chi connectivity index (χ3v) is 2.67. The molecule has 1 aromatic carbocycles. The van der Waals surface area contributed by atoms with Gasteiger partial charge >= 0.3 is 0 Å². The highest BCUT2D eigenvalue weighted by Gasteiger charge is 2.23. The van der Waals surface area contributed by atoms with Gasteiger partial charge in [0, 0.05) is 6.04 Å². The lowest BCUT2D eigenvalue weighted by atomic mass is 10.0. The summed E-state index contributed by atoms with van der Waals surface area (Å²) in [5, 5.41) is 11.3. The van der Waals surface area contributed by atoms with Crippen molar-refractivity contribution in [3.8, 4) is 11.8 Å².